The smallest absolute Gasteiger partial charge is 0.319 e. The van der Waals surface area contributed by atoms with Gasteiger partial charge in [-0.3, -0.25) is 4.79 Å². The average Bonchev–Trinajstić information content (AvgIpc) is 2.86. The molecular weight excluding hydrogens is 374 g/mol. The van der Waals surface area contributed by atoms with Gasteiger partial charge in [0.2, 0.25) is 5.91 Å². The summed E-state index contributed by atoms with van der Waals surface area (Å²) in [7, 11) is 1.59. The van der Waals surface area contributed by atoms with Crippen LogP contribution in [0.15, 0.2) is 53.4 Å². The number of benzene rings is 2. The number of ether oxygens (including phenoxy) is 1. The van der Waals surface area contributed by atoms with Crippen LogP contribution in [0.25, 0.3) is 0 Å². The van der Waals surface area contributed by atoms with Gasteiger partial charge in [-0.2, -0.15) is 0 Å². The molecule has 7 heteroatoms. The molecule has 2 aromatic rings. The number of anilines is 2. The molecule has 3 rings (SSSR count). The maximum atomic E-state index is 12.8. The fourth-order valence-electron chi connectivity index (χ4n) is 3.01. The van der Waals surface area contributed by atoms with E-state index in [4.69, 9.17) is 4.74 Å². The predicted molar refractivity (Wildman–Crippen MR) is 113 cm³/mol. The maximum Gasteiger partial charge on any atom is 0.319 e. The Hall–Kier alpha value is -2.67. The molecule has 0 radical (unpaired) electrons. The summed E-state index contributed by atoms with van der Waals surface area (Å²) in [4.78, 5) is 27.8. The van der Waals surface area contributed by atoms with Crippen LogP contribution in [0, 0.1) is 0 Å². The highest BCUT2D eigenvalue weighted by Gasteiger charge is 2.23. The minimum atomic E-state index is -0.335. The van der Waals surface area contributed by atoms with Crippen molar-refractivity contribution in [3.63, 3.8) is 0 Å². The molecule has 0 saturated carbocycles. The van der Waals surface area contributed by atoms with Crippen molar-refractivity contribution < 1.29 is 14.3 Å². The van der Waals surface area contributed by atoms with Crippen molar-refractivity contribution in [1.82, 2.24) is 5.32 Å². The lowest BCUT2D eigenvalue weighted by molar-refractivity contribution is -0.118. The number of rotatable bonds is 5. The number of hydrogen-bond donors (Lipinski definition) is 2. The second kappa shape index (κ2) is 9.50. The SMILES string of the molecule is COc1ccc(NC(=O)NCCC(=O)N2CCC(C)Sc3ccccc32)cc1. The van der Waals surface area contributed by atoms with Crippen molar-refractivity contribution in [2.75, 3.05) is 30.4 Å². The molecule has 6 nitrogen and oxygen atoms in total. The summed E-state index contributed by atoms with van der Waals surface area (Å²) in [5.74, 6) is 0.744. The number of nitrogens with zero attached hydrogens (tertiary/aromatic N) is 1. The normalized spacial score (nSPS) is 15.9. The number of methoxy groups -OCH3 is 1. The molecule has 2 aromatic carbocycles. The van der Waals surface area contributed by atoms with Crippen LogP contribution >= 0.6 is 11.8 Å². The van der Waals surface area contributed by atoms with E-state index in [1.54, 1.807) is 43.1 Å². The van der Waals surface area contributed by atoms with Gasteiger partial charge in [0.05, 0.1) is 12.8 Å². The van der Waals surface area contributed by atoms with E-state index >= 15 is 0 Å². The Labute approximate surface area is 169 Å². The van der Waals surface area contributed by atoms with Gasteiger partial charge in [0.15, 0.2) is 0 Å². The molecule has 148 valence electrons. The van der Waals surface area contributed by atoms with Crippen molar-refractivity contribution in [2.24, 2.45) is 0 Å². The van der Waals surface area contributed by atoms with Crippen LogP contribution in [-0.2, 0) is 4.79 Å². The van der Waals surface area contributed by atoms with Crippen LogP contribution in [0.3, 0.4) is 0 Å². The monoisotopic (exact) mass is 399 g/mol. The average molecular weight is 400 g/mol. The number of carbonyl (C=O) groups is 2. The van der Waals surface area contributed by atoms with Crippen molar-refractivity contribution in [3.8, 4) is 5.75 Å². The first-order valence-corrected chi connectivity index (χ1v) is 10.2. The van der Waals surface area contributed by atoms with Crippen LogP contribution in [0.2, 0.25) is 0 Å². The highest BCUT2D eigenvalue weighted by molar-refractivity contribution is 8.00. The number of para-hydroxylation sites is 1. The fourth-order valence-corrected chi connectivity index (χ4v) is 4.13. The van der Waals surface area contributed by atoms with Gasteiger partial charge in [0.1, 0.15) is 5.75 Å². The van der Waals surface area contributed by atoms with E-state index in [-0.39, 0.29) is 24.9 Å². The molecule has 2 N–H and O–H groups in total. The van der Waals surface area contributed by atoms with E-state index < -0.39 is 0 Å². The lowest BCUT2D eigenvalue weighted by Crippen LogP contribution is -2.36. The lowest BCUT2D eigenvalue weighted by Gasteiger charge is -2.22. The third kappa shape index (κ3) is 5.19. The van der Waals surface area contributed by atoms with Crippen molar-refractivity contribution in [3.05, 3.63) is 48.5 Å². The molecule has 28 heavy (non-hydrogen) atoms. The lowest BCUT2D eigenvalue weighted by atomic mass is 10.2. The molecule has 0 aromatic heterocycles. The topological polar surface area (TPSA) is 70.7 Å². The summed E-state index contributed by atoms with van der Waals surface area (Å²) in [6.07, 6.45) is 1.19. The molecule has 1 unspecified atom stereocenters. The molecule has 1 aliphatic heterocycles. The van der Waals surface area contributed by atoms with E-state index in [9.17, 15) is 9.59 Å². The van der Waals surface area contributed by atoms with E-state index in [1.165, 1.54) is 0 Å². The molecule has 0 bridgehead atoms. The van der Waals surface area contributed by atoms with Gasteiger partial charge in [-0.15, -0.1) is 11.8 Å². The number of carbonyl (C=O) groups excluding carboxylic acids is 2. The van der Waals surface area contributed by atoms with Gasteiger partial charge in [-0.05, 0) is 42.8 Å². The second-order valence-electron chi connectivity index (χ2n) is 6.59. The molecular formula is C21H25N3O3S. The summed E-state index contributed by atoms with van der Waals surface area (Å²) in [6.45, 7) is 3.16. The Balaban J connectivity index is 1.51. The van der Waals surface area contributed by atoms with Gasteiger partial charge in [-0.1, -0.05) is 19.1 Å². The van der Waals surface area contributed by atoms with E-state index in [1.807, 2.05) is 23.1 Å². The van der Waals surface area contributed by atoms with E-state index in [2.05, 4.69) is 23.6 Å². The number of nitrogens with one attached hydrogen (secondary N) is 2. The minimum absolute atomic E-state index is 0.0203. The summed E-state index contributed by atoms with van der Waals surface area (Å²) < 4.78 is 5.09. The van der Waals surface area contributed by atoms with Crippen molar-refractivity contribution in [2.45, 2.75) is 29.9 Å². The summed E-state index contributed by atoms with van der Waals surface area (Å²) in [5.41, 5.74) is 1.63. The van der Waals surface area contributed by atoms with Crippen LogP contribution in [0.1, 0.15) is 19.8 Å². The first-order valence-electron chi connectivity index (χ1n) is 9.32. The molecule has 1 atom stereocenters. The van der Waals surface area contributed by atoms with Crippen LogP contribution in [0.4, 0.5) is 16.2 Å². The first kappa shape index (κ1) is 20.1. The largest absolute Gasteiger partial charge is 0.497 e. The van der Waals surface area contributed by atoms with Crippen LogP contribution in [0.5, 0.6) is 5.75 Å². The minimum Gasteiger partial charge on any atom is -0.497 e. The second-order valence-corrected chi connectivity index (χ2v) is 8.07. The van der Waals surface area contributed by atoms with Gasteiger partial charge in [0.25, 0.3) is 0 Å². The maximum absolute atomic E-state index is 12.8. The fraction of sp³-hybridized carbons (Fsp3) is 0.333. The third-order valence-electron chi connectivity index (χ3n) is 4.52. The van der Waals surface area contributed by atoms with Crippen LogP contribution in [-0.4, -0.2) is 37.4 Å². The number of fused-ring (bicyclic) bond motifs is 1. The summed E-state index contributed by atoms with van der Waals surface area (Å²) in [5, 5.41) is 5.95. The summed E-state index contributed by atoms with van der Waals surface area (Å²) in [6, 6.07) is 14.7. The van der Waals surface area contributed by atoms with Crippen molar-refractivity contribution in [1.29, 1.82) is 0 Å². The number of amides is 3. The molecule has 0 spiro atoms. The predicted octanol–water partition coefficient (Wildman–Crippen LogP) is 4.12. The van der Waals surface area contributed by atoms with Gasteiger partial charge in [0, 0.05) is 35.3 Å². The Morgan fingerprint density at radius 2 is 1.93 bits per heavy atom. The zero-order chi connectivity index (χ0) is 19.9. The number of hydrogen-bond acceptors (Lipinski definition) is 4. The molecule has 0 fully saturated rings. The Kier molecular flexibility index (Phi) is 6.81. The van der Waals surface area contributed by atoms with E-state index in [0.29, 0.717) is 17.5 Å². The molecule has 0 aliphatic carbocycles. The Morgan fingerprint density at radius 1 is 1.18 bits per heavy atom. The first-order chi connectivity index (χ1) is 13.6. The number of thioether (sulfide) groups is 1. The van der Waals surface area contributed by atoms with Gasteiger partial charge >= 0.3 is 6.03 Å². The summed E-state index contributed by atoms with van der Waals surface area (Å²) >= 11 is 1.80. The number of urea groups is 1. The molecule has 3 amide bonds. The highest BCUT2D eigenvalue weighted by Crippen LogP contribution is 2.37. The molecule has 0 saturated heterocycles. The van der Waals surface area contributed by atoms with E-state index in [0.717, 1.165) is 22.8 Å². The van der Waals surface area contributed by atoms with Crippen LogP contribution < -0.4 is 20.3 Å². The van der Waals surface area contributed by atoms with Crippen molar-refractivity contribution >= 4 is 35.1 Å². The Bertz CT molecular complexity index is 826. The molecule has 1 aliphatic rings. The quantitative estimate of drug-likeness (QED) is 0.793. The zero-order valence-corrected chi connectivity index (χ0v) is 16.9. The third-order valence-corrected chi connectivity index (χ3v) is 5.75. The Morgan fingerprint density at radius 3 is 2.68 bits per heavy atom. The highest BCUT2D eigenvalue weighted by atomic mass is 32.2. The van der Waals surface area contributed by atoms with Gasteiger partial charge in [-0.25, -0.2) is 4.79 Å². The molecule has 1 heterocycles. The standard InChI is InChI=1S/C21H25N3O3S/c1-15-12-14-24(18-5-3-4-6-19(18)28-15)20(25)11-13-22-21(26)23-16-7-9-17(27-2)10-8-16/h3-10,15H,11-14H2,1-2H3,(H2,22,23,26). The van der Waals surface area contributed by atoms with Gasteiger partial charge < -0.3 is 20.3 Å². The zero-order valence-electron chi connectivity index (χ0n) is 16.1.